The van der Waals surface area contributed by atoms with E-state index in [1.54, 1.807) is 7.05 Å². The molecular weight excluding hydrogens is 476 g/mol. The fraction of sp³-hybridized carbons (Fsp3) is 0.296. The minimum atomic E-state index is -0.768. The first-order valence-corrected chi connectivity index (χ1v) is 12.1. The number of piperazine rings is 1. The number of ether oxygens (including phenoxy) is 1. The van der Waals surface area contributed by atoms with E-state index >= 15 is 8.78 Å². The Balaban J connectivity index is 1.44. The fourth-order valence-electron chi connectivity index (χ4n) is 5.24. The molecule has 8 nitrogen and oxygen atoms in total. The van der Waals surface area contributed by atoms with E-state index in [-0.39, 0.29) is 16.9 Å². The molecule has 2 aliphatic rings. The van der Waals surface area contributed by atoms with Gasteiger partial charge in [-0.1, -0.05) is 6.07 Å². The molecule has 4 aromatic rings. The molecule has 2 aromatic heterocycles. The van der Waals surface area contributed by atoms with Crippen LogP contribution in [0.15, 0.2) is 36.4 Å². The van der Waals surface area contributed by atoms with Crippen LogP contribution in [-0.2, 0) is 6.54 Å². The van der Waals surface area contributed by atoms with Crippen molar-refractivity contribution in [3.05, 3.63) is 65.0 Å². The van der Waals surface area contributed by atoms with Crippen LogP contribution in [0.3, 0.4) is 0 Å². The van der Waals surface area contributed by atoms with Gasteiger partial charge in [0.25, 0.3) is 0 Å². The molecule has 4 heterocycles. The summed E-state index contributed by atoms with van der Waals surface area (Å²) < 4.78 is 36.3. The molecule has 1 atom stereocenters. The molecule has 188 valence electrons. The van der Waals surface area contributed by atoms with Crippen LogP contribution in [0.1, 0.15) is 5.56 Å². The molecule has 0 spiro atoms. The summed E-state index contributed by atoms with van der Waals surface area (Å²) >= 11 is 0. The molecule has 10 heteroatoms. The van der Waals surface area contributed by atoms with E-state index in [9.17, 15) is 0 Å². The lowest BCUT2D eigenvalue weighted by atomic mass is 10.0. The van der Waals surface area contributed by atoms with Crippen LogP contribution in [0.25, 0.3) is 38.4 Å². The van der Waals surface area contributed by atoms with Gasteiger partial charge in [-0.25, -0.2) is 13.6 Å². The number of aromatic amines is 1. The van der Waals surface area contributed by atoms with E-state index in [2.05, 4.69) is 42.2 Å². The van der Waals surface area contributed by atoms with Crippen LogP contribution in [0.2, 0.25) is 0 Å². The molecule has 0 amide bonds. The summed E-state index contributed by atoms with van der Waals surface area (Å²) in [7, 11) is 3.82. The summed E-state index contributed by atoms with van der Waals surface area (Å²) in [5, 5.41) is 10.2. The maximum absolute atomic E-state index is 15.1. The number of fused-ring (bicyclic) bond motifs is 4. The highest BCUT2D eigenvalue weighted by Crippen LogP contribution is 2.41. The normalized spacial score (nSPS) is 17.3. The van der Waals surface area contributed by atoms with Crippen LogP contribution in [-0.4, -0.2) is 66.5 Å². The van der Waals surface area contributed by atoms with Gasteiger partial charge >= 0.3 is 0 Å². The summed E-state index contributed by atoms with van der Waals surface area (Å²) in [4.78, 5) is 12.8. The molecule has 6 rings (SSSR count). The zero-order chi connectivity index (χ0) is 25.7. The number of halogens is 2. The molecule has 1 saturated heterocycles. The van der Waals surface area contributed by atoms with Crippen LogP contribution < -0.4 is 15.0 Å². The van der Waals surface area contributed by atoms with Crippen molar-refractivity contribution in [3.63, 3.8) is 0 Å². The van der Waals surface area contributed by atoms with E-state index < -0.39 is 11.6 Å². The Morgan fingerprint density at radius 3 is 2.73 bits per heavy atom. The Morgan fingerprint density at radius 2 is 1.97 bits per heavy atom. The van der Waals surface area contributed by atoms with Gasteiger partial charge < -0.3 is 19.9 Å². The Kier molecular flexibility index (Phi) is 5.74. The molecule has 0 saturated carbocycles. The highest BCUT2D eigenvalue weighted by atomic mass is 19.1. The predicted molar refractivity (Wildman–Crippen MR) is 138 cm³/mol. The number of aromatic nitrogens is 3. The molecule has 0 radical (unpaired) electrons. The van der Waals surface area contributed by atoms with E-state index in [4.69, 9.17) is 11.3 Å². The monoisotopic (exact) mass is 501 g/mol. The fourth-order valence-corrected chi connectivity index (χ4v) is 5.24. The second kappa shape index (κ2) is 9.10. The van der Waals surface area contributed by atoms with Gasteiger partial charge in [-0.15, -0.1) is 0 Å². The number of likely N-dealkylation sites (N-methyl/N-ethyl adjacent to an activating group) is 1. The third-order valence-electron chi connectivity index (χ3n) is 7.01. The number of H-pyrrole nitrogens is 1. The molecule has 2 aromatic carbocycles. The Hall–Kier alpha value is -4.07. The molecule has 1 unspecified atom stereocenters. The van der Waals surface area contributed by atoms with Crippen molar-refractivity contribution in [3.8, 4) is 28.3 Å². The summed E-state index contributed by atoms with van der Waals surface area (Å²) in [5.41, 5.74) is 3.39. The van der Waals surface area contributed by atoms with Crippen LogP contribution >= 0.6 is 0 Å². The lowest BCUT2D eigenvalue weighted by Gasteiger charge is -2.44. The number of anilines is 1. The second-order valence-electron chi connectivity index (χ2n) is 9.50. The molecule has 1 fully saturated rings. The van der Waals surface area contributed by atoms with Gasteiger partial charge in [0, 0.05) is 31.7 Å². The van der Waals surface area contributed by atoms with Crippen LogP contribution in [0, 0.1) is 18.2 Å². The lowest BCUT2D eigenvalue weighted by molar-refractivity contribution is 0.188. The predicted octanol–water partition coefficient (Wildman–Crippen LogP) is 4.35. The van der Waals surface area contributed by atoms with Crippen molar-refractivity contribution in [2.24, 2.45) is 0 Å². The van der Waals surface area contributed by atoms with E-state index in [1.165, 1.54) is 18.2 Å². The number of nitrogens with zero attached hydrogens (tertiary/aromatic N) is 5. The number of benzene rings is 2. The SMILES string of the molecule is [C-]#[N+]c1cc2[nH]nc(-c3ccc4c(c3)OCC3CN(C)CCN43)c2nc1-c1c(F)cc(CNC)cc1F. The number of pyridine rings is 1. The third kappa shape index (κ3) is 3.97. The average Bonchev–Trinajstić information content (AvgIpc) is 3.30. The van der Waals surface area contributed by atoms with Crippen molar-refractivity contribution in [2.45, 2.75) is 12.6 Å². The first-order valence-electron chi connectivity index (χ1n) is 12.1. The maximum Gasteiger partial charge on any atom is 0.215 e. The van der Waals surface area contributed by atoms with Gasteiger partial charge in [0.1, 0.15) is 35.2 Å². The van der Waals surface area contributed by atoms with Crippen molar-refractivity contribution in [2.75, 3.05) is 45.2 Å². The highest BCUT2D eigenvalue weighted by molar-refractivity contribution is 5.95. The molecule has 0 bridgehead atoms. The van der Waals surface area contributed by atoms with Crippen molar-refractivity contribution in [1.82, 2.24) is 25.4 Å². The zero-order valence-corrected chi connectivity index (χ0v) is 20.5. The van der Waals surface area contributed by atoms with Gasteiger partial charge in [0.05, 0.1) is 35.1 Å². The quantitative estimate of drug-likeness (QED) is 0.405. The second-order valence-corrected chi connectivity index (χ2v) is 9.50. The van der Waals surface area contributed by atoms with Crippen molar-refractivity contribution < 1.29 is 13.5 Å². The standard InChI is InChI=1S/C27H25F2N7O/c1-30-12-15-8-18(28)24(19(29)9-15)26-20(31-2)11-21-27(32-26)25(34-33-21)16-4-5-22-23(10-16)37-14-17-13-35(3)6-7-36(17)22/h4-5,8-11,17,30H,6-7,12-14H2,1,3H3,(H,33,34). The Bertz CT molecular complexity index is 1540. The average molecular weight is 502 g/mol. The zero-order valence-electron chi connectivity index (χ0n) is 20.5. The summed E-state index contributed by atoms with van der Waals surface area (Å²) in [6.45, 7) is 11.4. The smallest absolute Gasteiger partial charge is 0.215 e. The van der Waals surface area contributed by atoms with E-state index in [0.717, 1.165) is 36.6 Å². The maximum atomic E-state index is 15.1. The summed E-state index contributed by atoms with van der Waals surface area (Å²) in [6, 6.07) is 10.3. The highest BCUT2D eigenvalue weighted by Gasteiger charge is 2.32. The molecule has 2 aliphatic heterocycles. The van der Waals surface area contributed by atoms with Gasteiger partial charge in [-0.2, -0.15) is 5.10 Å². The first kappa shape index (κ1) is 23.3. The minimum absolute atomic E-state index is 0.0387. The van der Waals surface area contributed by atoms with Crippen molar-refractivity contribution in [1.29, 1.82) is 0 Å². The third-order valence-corrected chi connectivity index (χ3v) is 7.01. The Morgan fingerprint density at radius 1 is 1.16 bits per heavy atom. The number of rotatable bonds is 4. The summed E-state index contributed by atoms with van der Waals surface area (Å²) in [5.74, 6) is -0.767. The minimum Gasteiger partial charge on any atom is -0.489 e. The summed E-state index contributed by atoms with van der Waals surface area (Å²) in [6.07, 6.45) is 0. The Labute approximate surface area is 212 Å². The largest absolute Gasteiger partial charge is 0.489 e. The molecule has 0 aliphatic carbocycles. The van der Waals surface area contributed by atoms with E-state index in [1.807, 2.05) is 18.2 Å². The van der Waals surface area contributed by atoms with Crippen molar-refractivity contribution >= 4 is 22.4 Å². The van der Waals surface area contributed by atoms with Gasteiger partial charge in [0.2, 0.25) is 5.69 Å². The number of hydrogen-bond acceptors (Lipinski definition) is 6. The van der Waals surface area contributed by atoms with Crippen LogP contribution in [0.5, 0.6) is 5.75 Å². The molecular formula is C27H25F2N7O. The van der Waals surface area contributed by atoms with Gasteiger partial charge in [0.15, 0.2) is 0 Å². The molecule has 2 N–H and O–H groups in total. The number of nitrogens with one attached hydrogen (secondary N) is 2. The first-order chi connectivity index (χ1) is 18.0. The topological polar surface area (TPSA) is 73.7 Å². The van der Waals surface area contributed by atoms with E-state index in [0.29, 0.717) is 41.5 Å². The van der Waals surface area contributed by atoms with Gasteiger partial charge in [-0.05, 0) is 50.0 Å². The van der Waals surface area contributed by atoms with Gasteiger partial charge in [-0.3, -0.25) is 10.1 Å². The van der Waals surface area contributed by atoms with Crippen LogP contribution in [0.4, 0.5) is 20.2 Å². The lowest BCUT2D eigenvalue weighted by Crippen LogP contribution is -2.56. The molecule has 37 heavy (non-hydrogen) atoms. The number of hydrogen-bond donors (Lipinski definition) is 2.